The van der Waals surface area contributed by atoms with Crippen LogP contribution in [0.1, 0.15) is 62.3 Å². The smallest absolute Gasteiger partial charge is 0.234 e. The first-order valence-electron chi connectivity index (χ1n) is 11.2. The number of hydrogen-bond acceptors (Lipinski definition) is 7. The molecule has 1 unspecified atom stereocenters. The molecule has 2 aromatic rings. The molecule has 1 aromatic carbocycles. The van der Waals surface area contributed by atoms with Gasteiger partial charge in [0, 0.05) is 12.3 Å². The van der Waals surface area contributed by atoms with Gasteiger partial charge in [-0.1, -0.05) is 25.1 Å². The van der Waals surface area contributed by atoms with Gasteiger partial charge < -0.3 is 19.3 Å². The fourth-order valence-corrected chi connectivity index (χ4v) is 4.25. The molecule has 0 bridgehead atoms. The van der Waals surface area contributed by atoms with Crippen molar-refractivity contribution in [2.45, 2.75) is 52.0 Å². The van der Waals surface area contributed by atoms with Gasteiger partial charge in [-0.2, -0.15) is 4.98 Å². The van der Waals surface area contributed by atoms with Gasteiger partial charge >= 0.3 is 0 Å². The Morgan fingerprint density at radius 1 is 1.19 bits per heavy atom. The summed E-state index contributed by atoms with van der Waals surface area (Å²) < 4.78 is 16.9. The first-order valence-corrected chi connectivity index (χ1v) is 11.2. The Bertz CT molecular complexity index is 889. The van der Waals surface area contributed by atoms with Crippen LogP contribution in [0.15, 0.2) is 22.7 Å². The van der Waals surface area contributed by atoms with Gasteiger partial charge in [0.25, 0.3) is 0 Å². The number of carbonyl (C=O) groups is 1. The average molecular weight is 429 g/mol. The number of benzene rings is 1. The molecule has 1 amide bonds. The molecule has 4 rings (SSSR count). The van der Waals surface area contributed by atoms with Gasteiger partial charge in [-0.25, -0.2) is 0 Å². The summed E-state index contributed by atoms with van der Waals surface area (Å²) in [6.45, 7) is 9.46. The molecule has 0 saturated carbocycles. The number of nitrogens with one attached hydrogen (secondary N) is 1. The summed E-state index contributed by atoms with van der Waals surface area (Å²) >= 11 is 0. The van der Waals surface area contributed by atoms with Crippen LogP contribution in [-0.2, 0) is 4.79 Å². The van der Waals surface area contributed by atoms with Gasteiger partial charge in [0.1, 0.15) is 0 Å². The summed E-state index contributed by atoms with van der Waals surface area (Å²) in [6, 6.07) is 5.89. The van der Waals surface area contributed by atoms with Gasteiger partial charge in [-0.05, 0) is 56.5 Å². The lowest BCUT2D eigenvalue weighted by Crippen LogP contribution is -2.43. The maximum absolute atomic E-state index is 12.8. The number of amides is 1. The zero-order chi connectivity index (χ0) is 21.8. The Labute approximate surface area is 183 Å². The molecule has 2 aliphatic rings. The number of aryl methyl sites for hydroxylation is 1. The van der Waals surface area contributed by atoms with Crippen molar-refractivity contribution in [2.75, 3.05) is 32.8 Å². The summed E-state index contributed by atoms with van der Waals surface area (Å²) in [5.74, 6) is 3.49. The second-order valence-electron chi connectivity index (χ2n) is 8.78. The Hall–Kier alpha value is -2.61. The molecular weight excluding hydrogens is 396 g/mol. The number of nitrogens with zero attached hydrogens (tertiary/aromatic N) is 3. The molecule has 168 valence electrons. The molecule has 1 saturated heterocycles. The lowest BCUT2D eigenvalue weighted by atomic mass is 9.95. The standard InChI is InChI=1S/C23H32N4O4/c1-15(2)22(18-5-6-19-20(13-18)30-12-4-11-29-19)25-21(28)14-27-9-7-17(8-10-27)23-24-16(3)26-31-23/h5-6,13,15,17,22H,4,7-12,14H2,1-3H3,(H,25,28). The zero-order valence-corrected chi connectivity index (χ0v) is 18.6. The normalized spacial score (nSPS) is 18.6. The van der Waals surface area contributed by atoms with E-state index in [4.69, 9.17) is 14.0 Å². The highest BCUT2D eigenvalue weighted by molar-refractivity contribution is 5.78. The highest BCUT2D eigenvalue weighted by Crippen LogP contribution is 2.34. The van der Waals surface area contributed by atoms with Crippen LogP contribution in [0.25, 0.3) is 0 Å². The van der Waals surface area contributed by atoms with Crippen molar-refractivity contribution in [2.24, 2.45) is 5.92 Å². The summed E-state index contributed by atoms with van der Waals surface area (Å²) in [6.07, 6.45) is 2.71. The van der Waals surface area contributed by atoms with E-state index in [1.807, 2.05) is 25.1 Å². The van der Waals surface area contributed by atoms with Crippen molar-refractivity contribution in [3.05, 3.63) is 35.5 Å². The lowest BCUT2D eigenvalue weighted by molar-refractivity contribution is -0.123. The minimum Gasteiger partial charge on any atom is -0.490 e. The predicted octanol–water partition coefficient (Wildman–Crippen LogP) is 3.23. The molecule has 2 aliphatic heterocycles. The zero-order valence-electron chi connectivity index (χ0n) is 18.6. The third-order valence-corrected chi connectivity index (χ3v) is 5.96. The van der Waals surface area contributed by atoms with Crippen LogP contribution in [-0.4, -0.2) is 53.8 Å². The number of fused-ring (bicyclic) bond motifs is 1. The lowest BCUT2D eigenvalue weighted by Gasteiger charge is -2.31. The summed E-state index contributed by atoms with van der Waals surface area (Å²) in [5.41, 5.74) is 1.04. The molecule has 1 N–H and O–H groups in total. The van der Waals surface area contributed by atoms with Crippen molar-refractivity contribution in [1.29, 1.82) is 0 Å². The van der Waals surface area contributed by atoms with Crippen molar-refractivity contribution in [1.82, 2.24) is 20.4 Å². The van der Waals surface area contributed by atoms with E-state index in [0.29, 0.717) is 25.6 Å². The van der Waals surface area contributed by atoms with Gasteiger partial charge in [0.05, 0.1) is 25.8 Å². The van der Waals surface area contributed by atoms with E-state index >= 15 is 0 Å². The van der Waals surface area contributed by atoms with Crippen LogP contribution >= 0.6 is 0 Å². The number of likely N-dealkylation sites (tertiary alicyclic amines) is 1. The molecule has 1 atom stereocenters. The Balaban J connectivity index is 1.34. The SMILES string of the molecule is Cc1noc(C2CCN(CC(=O)NC(c3ccc4c(c3)OCCCO4)C(C)C)CC2)n1. The first kappa shape index (κ1) is 21.6. The highest BCUT2D eigenvalue weighted by Gasteiger charge is 2.27. The van der Waals surface area contributed by atoms with Crippen molar-refractivity contribution in [3.63, 3.8) is 0 Å². The monoisotopic (exact) mass is 428 g/mol. The van der Waals surface area contributed by atoms with E-state index in [1.54, 1.807) is 0 Å². The summed E-state index contributed by atoms with van der Waals surface area (Å²) in [4.78, 5) is 19.4. The fraction of sp³-hybridized carbons (Fsp3) is 0.609. The Morgan fingerprint density at radius 3 is 2.61 bits per heavy atom. The van der Waals surface area contributed by atoms with Gasteiger partial charge in [0.2, 0.25) is 11.8 Å². The second-order valence-corrected chi connectivity index (χ2v) is 8.78. The fourth-order valence-electron chi connectivity index (χ4n) is 4.25. The number of aromatic nitrogens is 2. The van der Waals surface area contributed by atoms with Crippen LogP contribution in [0.4, 0.5) is 0 Å². The molecule has 1 fully saturated rings. The number of hydrogen-bond donors (Lipinski definition) is 1. The van der Waals surface area contributed by atoms with E-state index in [2.05, 4.69) is 34.2 Å². The third-order valence-electron chi connectivity index (χ3n) is 5.96. The maximum Gasteiger partial charge on any atom is 0.234 e. The van der Waals surface area contributed by atoms with E-state index in [-0.39, 0.29) is 23.8 Å². The molecule has 31 heavy (non-hydrogen) atoms. The summed E-state index contributed by atoms with van der Waals surface area (Å²) in [5, 5.41) is 7.12. The molecule has 0 aliphatic carbocycles. The number of piperidine rings is 1. The van der Waals surface area contributed by atoms with Crippen molar-refractivity contribution < 1.29 is 18.8 Å². The van der Waals surface area contributed by atoms with Crippen LogP contribution in [0.2, 0.25) is 0 Å². The molecule has 3 heterocycles. The van der Waals surface area contributed by atoms with E-state index in [0.717, 1.165) is 55.3 Å². The Kier molecular flexibility index (Phi) is 6.75. The number of ether oxygens (including phenoxy) is 2. The van der Waals surface area contributed by atoms with Gasteiger partial charge in [-0.15, -0.1) is 0 Å². The van der Waals surface area contributed by atoms with E-state index in [1.165, 1.54) is 0 Å². The highest BCUT2D eigenvalue weighted by atomic mass is 16.5. The molecule has 8 heteroatoms. The number of carbonyl (C=O) groups excluding carboxylic acids is 1. The summed E-state index contributed by atoms with van der Waals surface area (Å²) in [7, 11) is 0. The molecule has 8 nitrogen and oxygen atoms in total. The van der Waals surface area contributed by atoms with Crippen molar-refractivity contribution in [3.8, 4) is 11.5 Å². The molecule has 1 aromatic heterocycles. The molecule has 0 radical (unpaired) electrons. The van der Waals surface area contributed by atoms with Crippen molar-refractivity contribution >= 4 is 5.91 Å². The minimum absolute atomic E-state index is 0.0397. The maximum atomic E-state index is 12.8. The first-order chi connectivity index (χ1) is 15.0. The largest absolute Gasteiger partial charge is 0.490 e. The van der Waals surface area contributed by atoms with Crippen LogP contribution in [0.5, 0.6) is 11.5 Å². The van der Waals surface area contributed by atoms with Gasteiger partial charge in [-0.3, -0.25) is 9.69 Å². The number of rotatable bonds is 6. The third kappa shape index (κ3) is 5.36. The Morgan fingerprint density at radius 2 is 1.94 bits per heavy atom. The topological polar surface area (TPSA) is 89.7 Å². The second kappa shape index (κ2) is 9.68. The van der Waals surface area contributed by atoms with Crippen LogP contribution in [0.3, 0.4) is 0 Å². The minimum atomic E-state index is -0.0800. The average Bonchev–Trinajstić information content (AvgIpc) is 3.05. The molecule has 0 spiro atoms. The van der Waals surface area contributed by atoms with Crippen LogP contribution in [0, 0.1) is 12.8 Å². The quantitative estimate of drug-likeness (QED) is 0.755. The molecular formula is C23H32N4O4. The predicted molar refractivity (Wildman–Crippen MR) is 115 cm³/mol. The van der Waals surface area contributed by atoms with Crippen LogP contribution < -0.4 is 14.8 Å². The van der Waals surface area contributed by atoms with E-state index < -0.39 is 0 Å². The van der Waals surface area contributed by atoms with Gasteiger partial charge in [0.15, 0.2) is 17.3 Å². The van der Waals surface area contributed by atoms with E-state index in [9.17, 15) is 4.79 Å².